The maximum Gasteiger partial charge on any atom is 0.190 e. The van der Waals surface area contributed by atoms with Crippen LogP contribution in [0.2, 0.25) is 0 Å². The molecule has 3 aliphatic heterocycles. The van der Waals surface area contributed by atoms with Crippen LogP contribution in [0.25, 0.3) is 0 Å². The summed E-state index contributed by atoms with van der Waals surface area (Å²) in [7, 11) is 1.69. The van der Waals surface area contributed by atoms with Crippen LogP contribution in [0.4, 0.5) is 0 Å². The number of benzene rings is 1. The van der Waals surface area contributed by atoms with Gasteiger partial charge in [0.15, 0.2) is 12.1 Å². The van der Waals surface area contributed by atoms with Crippen LogP contribution in [0.1, 0.15) is 32.3 Å². The fourth-order valence-corrected chi connectivity index (χ4v) is 4.31. The molecule has 1 aromatic rings. The van der Waals surface area contributed by atoms with Crippen LogP contribution in [0.3, 0.4) is 0 Å². The van der Waals surface area contributed by atoms with Crippen LogP contribution in [-0.2, 0) is 30.3 Å². The van der Waals surface area contributed by atoms with Gasteiger partial charge < -0.3 is 28.8 Å². The van der Waals surface area contributed by atoms with Gasteiger partial charge in [0.2, 0.25) is 0 Å². The van der Waals surface area contributed by atoms with Crippen LogP contribution in [-0.4, -0.2) is 79.1 Å². The molecule has 3 heterocycles. The molecule has 8 heteroatoms. The second kappa shape index (κ2) is 9.30. The maximum atomic E-state index is 10.9. The summed E-state index contributed by atoms with van der Waals surface area (Å²) >= 11 is 0. The fraction of sp³-hybridized carbons (Fsp3) is 0.682. The third-order valence-corrected chi connectivity index (χ3v) is 5.72. The Morgan fingerprint density at radius 1 is 1.30 bits per heavy atom. The van der Waals surface area contributed by atoms with E-state index in [0.29, 0.717) is 13.2 Å². The van der Waals surface area contributed by atoms with Crippen molar-refractivity contribution in [3.8, 4) is 0 Å². The van der Waals surface area contributed by atoms with Crippen molar-refractivity contribution < 1.29 is 28.8 Å². The molecular weight excluding hydrogens is 388 g/mol. The summed E-state index contributed by atoms with van der Waals surface area (Å²) in [6, 6.07) is 10.1. The summed E-state index contributed by atoms with van der Waals surface area (Å²) in [5.74, 6) is -0.753. The van der Waals surface area contributed by atoms with Crippen molar-refractivity contribution in [2.75, 3.05) is 20.3 Å². The van der Waals surface area contributed by atoms with Crippen molar-refractivity contribution >= 4 is 6.21 Å². The highest BCUT2D eigenvalue weighted by molar-refractivity contribution is 5.63. The third kappa shape index (κ3) is 4.85. The molecule has 0 spiro atoms. The van der Waals surface area contributed by atoms with Gasteiger partial charge in [0.05, 0.1) is 25.5 Å². The number of aliphatic hydroxyl groups excluding tert-OH is 1. The van der Waals surface area contributed by atoms with Crippen LogP contribution in [0, 0.1) is 0 Å². The highest BCUT2D eigenvalue weighted by Crippen LogP contribution is 2.39. The average Bonchev–Trinajstić information content (AvgIpc) is 3.38. The molecular formula is C22H32N2O6. The Labute approximate surface area is 177 Å². The number of fused-ring (bicyclic) bond motifs is 1. The minimum absolute atomic E-state index is 0.236. The molecule has 0 unspecified atom stereocenters. The summed E-state index contributed by atoms with van der Waals surface area (Å²) in [5.41, 5.74) is 1.04. The standard InChI is InChI=1S/C22H32N2O6/c1-22(2)29-20-19(27-13-15-8-5-4-6-9-15)18(28-21(20)30-22)17(25)12-23-24-11-7-10-16(24)14-26-3/h4-6,8-9,12,16-21,25H,7,10-11,13-14H2,1-3H3/b23-12+/t16-,17-,18-,19+,20-,21-/m1/s1. The molecule has 0 aromatic heterocycles. The molecule has 0 radical (unpaired) electrons. The minimum Gasteiger partial charge on any atom is -0.385 e. The van der Waals surface area contributed by atoms with Gasteiger partial charge in [0, 0.05) is 13.7 Å². The number of ether oxygens (including phenoxy) is 5. The van der Waals surface area contributed by atoms with Gasteiger partial charge in [-0.3, -0.25) is 5.01 Å². The zero-order chi connectivity index (χ0) is 21.1. The van der Waals surface area contributed by atoms with E-state index < -0.39 is 36.5 Å². The number of hydrogen-bond donors (Lipinski definition) is 1. The highest BCUT2D eigenvalue weighted by Gasteiger charge is 2.57. The molecule has 1 aromatic carbocycles. The largest absolute Gasteiger partial charge is 0.385 e. The number of hydrogen-bond acceptors (Lipinski definition) is 8. The minimum atomic E-state index is -0.949. The average molecular weight is 421 g/mol. The van der Waals surface area contributed by atoms with Crippen LogP contribution in [0.5, 0.6) is 0 Å². The van der Waals surface area contributed by atoms with Crippen LogP contribution < -0.4 is 0 Å². The van der Waals surface area contributed by atoms with Crippen molar-refractivity contribution in [2.45, 2.75) is 75.8 Å². The van der Waals surface area contributed by atoms with E-state index in [0.717, 1.165) is 24.9 Å². The lowest BCUT2D eigenvalue weighted by atomic mass is 10.1. The molecule has 166 valence electrons. The second-order valence-electron chi connectivity index (χ2n) is 8.50. The Balaban J connectivity index is 1.44. The Morgan fingerprint density at radius 3 is 2.87 bits per heavy atom. The molecule has 3 saturated heterocycles. The van der Waals surface area contributed by atoms with Gasteiger partial charge in [0.25, 0.3) is 0 Å². The van der Waals surface area contributed by atoms with Crippen molar-refractivity contribution in [1.82, 2.24) is 5.01 Å². The molecule has 0 aliphatic carbocycles. The van der Waals surface area contributed by atoms with E-state index in [9.17, 15) is 5.11 Å². The van der Waals surface area contributed by atoms with E-state index in [1.54, 1.807) is 7.11 Å². The maximum absolute atomic E-state index is 10.9. The third-order valence-electron chi connectivity index (χ3n) is 5.72. The lowest BCUT2D eigenvalue weighted by Gasteiger charge is -2.28. The summed E-state index contributed by atoms with van der Waals surface area (Å²) in [4.78, 5) is 0. The quantitative estimate of drug-likeness (QED) is 0.644. The number of hydrazone groups is 1. The molecule has 3 fully saturated rings. The Bertz CT molecular complexity index is 715. The first kappa shape index (κ1) is 21.7. The molecule has 0 saturated carbocycles. The lowest BCUT2D eigenvalue weighted by Crippen LogP contribution is -2.43. The van der Waals surface area contributed by atoms with Gasteiger partial charge >= 0.3 is 0 Å². The number of rotatable bonds is 8. The van der Waals surface area contributed by atoms with Crippen molar-refractivity contribution in [3.63, 3.8) is 0 Å². The van der Waals surface area contributed by atoms with Crippen molar-refractivity contribution in [2.24, 2.45) is 5.10 Å². The molecule has 4 rings (SSSR count). The first-order chi connectivity index (χ1) is 14.5. The van der Waals surface area contributed by atoms with Gasteiger partial charge in [0.1, 0.15) is 24.4 Å². The summed E-state index contributed by atoms with van der Waals surface area (Å²) < 4.78 is 29.3. The molecule has 3 aliphatic rings. The Morgan fingerprint density at radius 2 is 2.10 bits per heavy atom. The number of methoxy groups -OCH3 is 1. The van der Waals surface area contributed by atoms with Crippen molar-refractivity contribution in [1.29, 1.82) is 0 Å². The van der Waals surface area contributed by atoms with Gasteiger partial charge in [-0.05, 0) is 32.3 Å². The first-order valence-electron chi connectivity index (χ1n) is 10.6. The van der Waals surface area contributed by atoms with Crippen molar-refractivity contribution in [3.05, 3.63) is 35.9 Å². The first-order valence-corrected chi connectivity index (χ1v) is 10.6. The zero-order valence-corrected chi connectivity index (χ0v) is 17.8. The molecule has 6 atom stereocenters. The Hall–Kier alpha value is -1.55. The molecule has 0 bridgehead atoms. The normalized spacial score (nSPS) is 34.0. The fourth-order valence-electron chi connectivity index (χ4n) is 4.31. The molecule has 0 amide bonds. The zero-order valence-electron chi connectivity index (χ0n) is 17.8. The predicted octanol–water partition coefficient (Wildman–Crippen LogP) is 1.91. The van der Waals surface area contributed by atoms with E-state index in [1.165, 1.54) is 6.21 Å². The van der Waals surface area contributed by atoms with Crippen LogP contribution in [0.15, 0.2) is 35.4 Å². The molecule has 30 heavy (non-hydrogen) atoms. The Kier molecular flexibility index (Phi) is 6.72. The number of nitrogens with zero attached hydrogens (tertiary/aromatic N) is 2. The highest BCUT2D eigenvalue weighted by atomic mass is 16.8. The van der Waals surface area contributed by atoms with Gasteiger partial charge in [-0.25, -0.2) is 0 Å². The van der Waals surface area contributed by atoms with E-state index in [1.807, 2.05) is 49.2 Å². The molecule has 1 N–H and O–H groups in total. The van der Waals surface area contributed by atoms with E-state index in [-0.39, 0.29) is 6.04 Å². The lowest BCUT2D eigenvalue weighted by molar-refractivity contribution is -0.226. The number of aliphatic hydroxyl groups is 1. The van der Waals surface area contributed by atoms with E-state index >= 15 is 0 Å². The SMILES string of the molecule is COC[C@H]1CCCN1/N=C/[C@@H](O)[C@H]1O[C@@H]2OC(C)(C)O[C@@H]2[C@H]1OCc1ccccc1. The van der Waals surface area contributed by atoms with Gasteiger partial charge in [-0.1, -0.05) is 30.3 Å². The van der Waals surface area contributed by atoms with E-state index in [4.69, 9.17) is 23.7 Å². The smallest absolute Gasteiger partial charge is 0.190 e. The topological polar surface area (TPSA) is 82.0 Å². The predicted molar refractivity (Wildman–Crippen MR) is 110 cm³/mol. The molecule has 8 nitrogen and oxygen atoms in total. The second-order valence-corrected chi connectivity index (χ2v) is 8.50. The van der Waals surface area contributed by atoms with Gasteiger partial charge in [-0.15, -0.1) is 0 Å². The summed E-state index contributed by atoms with van der Waals surface area (Å²) in [6.45, 7) is 5.56. The van der Waals surface area contributed by atoms with E-state index in [2.05, 4.69) is 5.10 Å². The summed E-state index contributed by atoms with van der Waals surface area (Å²) in [6.07, 6.45) is 0.570. The summed E-state index contributed by atoms with van der Waals surface area (Å²) in [5, 5.41) is 17.3. The van der Waals surface area contributed by atoms with Crippen LogP contribution >= 0.6 is 0 Å². The monoisotopic (exact) mass is 420 g/mol. The van der Waals surface area contributed by atoms with Gasteiger partial charge in [-0.2, -0.15) is 5.10 Å².